The third-order valence-corrected chi connectivity index (χ3v) is 5.18. The summed E-state index contributed by atoms with van der Waals surface area (Å²) in [6, 6.07) is 15.7. The SMILES string of the molecule is Cc1ccc(S(=O)(=O)NCCCN(Cc2ccccc2)C(=O)[O-])cc1. The Kier molecular flexibility index (Phi) is 6.55. The summed E-state index contributed by atoms with van der Waals surface area (Å²) in [7, 11) is -3.59. The summed E-state index contributed by atoms with van der Waals surface area (Å²) in [5.41, 5.74) is 1.83. The maximum atomic E-state index is 12.2. The van der Waals surface area contributed by atoms with Gasteiger partial charge in [0.25, 0.3) is 0 Å². The minimum atomic E-state index is -3.59. The second kappa shape index (κ2) is 8.64. The van der Waals surface area contributed by atoms with Gasteiger partial charge in [-0.15, -0.1) is 0 Å². The van der Waals surface area contributed by atoms with Gasteiger partial charge >= 0.3 is 0 Å². The summed E-state index contributed by atoms with van der Waals surface area (Å²) in [6.07, 6.45) is -0.920. The highest BCUT2D eigenvalue weighted by atomic mass is 32.2. The molecule has 0 aromatic heterocycles. The molecule has 1 N–H and O–H groups in total. The predicted molar refractivity (Wildman–Crippen MR) is 93.2 cm³/mol. The van der Waals surface area contributed by atoms with Crippen molar-refractivity contribution in [3.05, 3.63) is 65.7 Å². The third-order valence-electron chi connectivity index (χ3n) is 3.70. The molecule has 0 spiro atoms. The molecule has 2 aromatic rings. The Morgan fingerprint density at radius 2 is 1.72 bits per heavy atom. The molecule has 0 saturated carbocycles. The molecular formula is C18H21N2O4S-. The maximum absolute atomic E-state index is 12.2. The van der Waals surface area contributed by atoms with E-state index in [4.69, 9.17) is 0 Å². The molecule has 0 unspecified atom stereocenters. The van der Waals surface area contributed by atoms with Crippen LogP contribution in [0.1, 0.15) is 17.5 Å². The van der Waals surface area contributed by atoms with Crippen molar-refractivity contribution in [1.82, 2.24) is 9.62 Å². The van der Waals surface area contributed by atoms with Crippen LogP contribution in [0.25, 0.3) is 0 Å². The van der Waals surface area contributed by atoms with E-state index in [1.807, 2.05) is 37.3 Å². The number of sulfonamides is 1. The number of carboxylic acid groups (broad SMARTS) is 1. The number of carbonyl (C=O) groups excluding carboxylic acids is 1. The van der Waals surface area contributed by atoms with E-state index in [1.54, 1.807) is 24.3 Å². The van der Waals surface area contributed by atoms with Gasteiger partial charge in [-0.25, -0.2) is 13.1 Å². The van der Waals surface area contributed by atoms with E-state index >= 15 is 0 Å². The first-order chi connectivity index (χ1) is 11.9. The van der Waals surface area contributed by atoms with Crippen molar-refractivity contribution < 1.29 is 18.3 Å². The van der Waals surface area contributed by atoms with Gasteiger partial charge in [0, 0.05) is 19.6 Å². The van der Waals surface area contributed by atoms with Crippen LogP contribution in [0.4, 0.5) is 4.79 Å². The molecule has 6 nitrogen and oxygen atoms in total. The van der Waals surface area contributed by atoms with E-state index in [9.17, 15) is 18.3 Å². The van der Waals surface area contributed by atoms with Crippen molar-refractivity contribution in [3.63, 3.8) is 0 Å². The predicted octanol–water partition coefficient (Wildman–Crippen LogP) is 1.51. The average molecular weight is 361 g/mol. The fourth-order valence-electron chi connectivity index (χ4n) is 2.32. The van der Waals surface area contributed by atoms with Crippen LogP contribution in [0, 0.1) is 6.92 Å². The van der Waals surface area contributed by atoms with Crippen LogP contribution in [0.3, 0.4) is 0 Å². The molecule has 134 valence electrons. The van der Waals surface area contributed by atoms with Crippen LogP contribution in [-0.4, -0.2) is 32.5 Å². The van der Waals surface area contributed by atoms with Crippen LogP contribution in [0.5, 0.6) is 0 Å². The second-order valence-corrected chi connectivity index (χ2v) is 7.50. The Balaban J connectivity index is 1.85. The Labute approximate surface area is 148 Å². The standard InChI is InChI=1S/C18H22N2O4S/c1-15-8-10-17(11-9-15)25(23,24)19-12-5-13-20(18(21)22)14-16-6-3-2-4-7-16/h2-4,6-11,19H,5,12-14H2,1H3,(H,21,22)/p-1. The van der Waals surface area contributed by atoms with Crippen molar-refractivity contribution in [3.8, 4) is 0 Å². The number of rotatable bonds is 8. The molecule has 0 heterocycles. The van der Waals surface area contributed by atoms with Crippen molar-refractivity contribution in [2.45, 2.75) is 24.8 Å². The zero-order valence-corrected chi connectivity index (χ0v) is 14.8. The summed E-state index contributed by atoms with van der Waals surface area (Å²) in [5.74, 6) is 0. The lowest BCUT2D eigenvalue weighted by Gasteiger charge is -2.25. The van der Waals surface area contributed by atoms with Crippen molar-refractivity contribution in [2.75, 3.05) is 13.1 Å². The normalized spacial score (nSPS) is 11.2. The molecule has 0 atom stereocenters. The lowest BCUT2D eigenvalue weighted by Crippen LogP contribution is -2.42. The molecule has 0 fully saturated rings. The van der Waals surface area contributed by atoms with E-state index < -0.39 is 16.1 Å². The summed E-state index contributed by atoms with van der Waals surface area (Å²) < 4.78 is 26.8. The number of aryl methyl sites for hydroxylation is 1. The van der Waals surface area contributed by atoms with Crippen LogP contribution in [-0.2, 0) is 16.6 Å². The number of carbonyl (C=O) groups is 1. The van der Waals surface area contributed by atoms with E-state index in [0.29, 0.717) is 6.42 Å². The van der Waals surface area contributed by atoms with Gasteiger partial charge in [-0.05, 0) is 31.0 Å². The first kappa shape index (κ1) is 19.0. The minimum Gasteiger partial charge on any atom is -0.530 e. The second-order valence-electron chi connectivity index (χ2n) is 5.74. The summed E-state index contributed by atoms with van der Waals surface area (Å²) in [4.78, 5) is 12.6. The molecule has 1 amide bonds. The molecule has 2 aromatic carbocycles. The topological polar surface area (TPSA) is 89.5 Å². The number of amides is 1. The fraction of sp³-hybridized carbons (Fsp3) is 0.278. The lowest BCUT2D eigenvalue weighted by atomic mass is 10.2. The molecule has 0 aliphatic heterocycles. The number of hydrogen-bond donors (Lipinski definition) is 1. The minimum absolute atomic E-state index is 0.148. The molecular weight excluding hydrogens is 340 g/mol. The van der Waals surface area contributed by atoms with E-state index in [1.165, 1.54) is 0 Å². The smallest absolute Gasteiger partial charge is 0.240 e. The molecule has 7 heteroatoms. The number of nitrogens with zero attached hydrogens (tertiary/aromatic N) is 1. The van der Waals surface area contributed by atoms with Crippen LogP contribution < -0.4 is 9.83 Å². The molecule has 0 radical (unpaired) electrons. The van der Waals surface area contributed by atoms with Crippen LogP contribution in [0.2, 0.25) is 0 Å². The van der Waals surface area contributed by atoms with Crippen molar-refractivity contribution in [2.24, 2.45) is 0 Å². The van der Waals surface area contributed by atoms with Gasteiger partial charge in [-0.2, -0.15) is 0 Å². The van der Waals surface area contributed by atoms with Gasteiger partial charge in [-0.3, -0.25) is 0 Å². The van der Waals surface area contributed by atoms with Gasteiger partial charge in [-0.1, -0.05) is 48.0 Å². The van der Waals surface area contributed by atoms with Crippen molar-refractivity contribution >= 4 is 16.1 Å². The lowest BCUT2D eigenvalue weighted by molar-refractivity contribution is -0.266. The molecule has 0 aliphatic carbocycles. The molecule has 25 heavy (non-hydrogen) atoms. The third kappa shape index (κ3) is 5.88. The Morgan fingerprint density at radius 3 is 2.32 bits per heavy atom. The number of benzene rings is 2. The molecule has 2 rings (SSSR count). The van der Waals surface area contributed by atoms with Gasteiger partial charge in [0.2, 0.25) is 10.0 Å². The average Bonchev–Trinajstić information content (AvgIpc) is 2.58. The van der Waals surface area contributed by atoms with Crippen LogP contribution in [0.15, 0.2) is 59.5 Å². The van der Waals surface area contributed by atoms with Gasteiger partial charge in [0.05, 0.1) is 4.90 Å². The summed E-state index contributed by atoms with van der Waals surface area (Å²) >= 11 is 0. The monoisotopic (exact) mass is 361 g/mol. The Morgan fingerprint density at radius 1 is 1.08 bits per heavy atom. The fourth-order valence-corrected chi connectivity index (χ4v) is 3.39. The molecule has 0 aliphatic rings. The first-order valence-corrected chi connectivity index (χ1v) is 9.43. The van der Waals surface area contributed by atoms with Crippen LogP contribution >= 0.6 is 0 Å². The largest absolute Gasteiger partial charge is 0.530 e. The quantitative estimate of drug-likeness (QED) is 0.722. The number of hydrogen-bond acceptors (Lipinski definition) is 4. The Bertz CT molecular complexity index is 790. The number of nitrogens with one attached hydrogen (secondary N) is 1. The zero-order valence-electron chi connectivity index (χ0n) is 14.0. The highest BCUT2D eigenvalue weighted by Gasteiger charge is 2.13. The zero-order chi connectivity index (χ0) is 18.3. The van der Waals surface area contributed by atoms with Crippen molar-refractivity contribution in [1.29, 1.82) is 0 Å². The van der Waals surface area contributed by atoms with Gasteiger partial charge in [0.15, 0.2) is 0 Å². The highest BCUT2D eigenvalue weighted by molar-refractivity contribution is 7.89. The summed E-state index contributed by atoms with van der Waals surface area (Å²) in [6.45, 7) is 2.43. The highest BCUT2D eigenvalue weighted by Crippen LogP contribution is 2.10. The molecule has 0 saturated heterocycles. The summed E-state index contributed by atoms with van der Waals surface area (Å²) in [5, 5.41) is 11.2. The van der Waals surface area contributed by atoms with E-state index in [0.717, 1.165) is 16.0 Å². The molecule has 0 bridgehead atoms. The van der Waals surface area contributed by atoms with E-state index in [2.05, 4.69) is 4.72 Å². The van der Waals surface area contributed by atoms with Gasteiger partial charge < -0.3 is 14.8 Å². The first-order valence-electron chi connectivity index (χ1n) is 7.95. The van der Waals surface area contributed by atoms with Gasteiger partial charge in [0.1, 0.15) is 6.09 Å². The Hall–Kier alpha value is -2.38. The maximum Gasteiger partial charge on any atom is 0.240 e. The van der Waals surface area contributed by atoms with E-state index in [-0.39, 0.29) is 24.5 Å².